The Balaban J connectivity index is 1.35. The minimum atomic E-state index is -0.274. The fourth-order valence-corrected chi connectivity index (χ4v) is 2.56. The molecular formula is C16H19N3O4. The monoisotopic (exact) mass is 317 g/mol. The molecule has 1 aliphatic carbocycles. The third-order valence-corrected chi connectivity index (χ3v) is 3.96. The number of oxazole rings is 1. The number of amides is 2. The molecule has 7 heteroatoms. The lowest BCUT2D eigenvalue weighted by Gasteiger charge is -2.23. The topological polar surface area (TPSA) is 85.6 Å². The smallest absolute Gasteiger partial charge is 0.319 e. The van der Waals surface area contributed by atoms with Gasteiger partial charge in [0, 0.05) is 18.2 Å². The molecule has 1 aromatic carbocycles. The summed E-state index contributed by atoms with van der Waals surface area (Å²) in [5, 5.41) is 5.58. The van der Waals surface area contributed by atoms with Gasteiger partial charge >= 0.3 is 6.03 Å². The van der Waals surface area contributed by atoms with Gasteiger partial charge in [0.15, 0.2) is 11.5 Å². The molecule has 2 aliphatic rings. The van der Waals surface area contributed by atoms with Crippen LogP contribution in [0, 0.1) is 0 Å². The van der Waals surface area contributed by atoms with E-state index in [9.17, 15) is 4.79 Å². The predicted molar refractivity (Wildman–Crippen MR) is 83.6 cm³/mol. The predicted octanol–water partition coefficient (Wildman–Crippen LogP) is 2.24. The van der Waals surface area contributed by atoms with E-state index in [-0.39, 0.29) is 12.1 Å². The molecule has 0 spiro atoms. The van der Waals surface area contributed by atoms with Crippen LogP contribution >= 0.6 is 0 Å². The van der Waals surface area contributed by atoms with Gasteiger partial charge in [-0.2, -0.15) is 0 Å². The largest absolute Gasteiger partial charge is 0.440 e. The molecule has 122 valence electrons. The van der Waals surface area contributed by atoms with Crippen LogP contribution in [0.1, 0.15) is 24.7 Å². The third kappa shape index (κ3) is 3.46. The SMILES string of the molecule is O=C(NC[C@@H]1COCCO1)Nc1ccc2oc(C3CC3)nc2c1. The highest BCUT2D eigenvalue weighted by atomic mass is 16.6. The van der Waals surface area contributed by atoms with Gasteiger partial charge in [-0.3, -0.25) is 0 Å². The van der Waals surface area contributed by atoms with Gasteiger partial charge in [-0.1, -0.05) is 0 Å². The number of hydrogen-bond donors (Lipinski definition) is 2. The van der Waals surface area contributed by atoms with E-state index in [2.05, 4.69) is 15.6 Å². The molecule has 1 saturated heterocycles. The van der Waals surface area contributed by atoms with Gasteiger partial charge < -0.3 is 24.5 Å². The number of carbonyl (C=O) groups is 1. The van der Waals surface area contributed by atoms with Crippen molar-refractivity contribution in [1.82, 2.24) is 10.3 Å². The Morgan fingerprint density at radius 1 is 1.30 bits per heavy atom. The molecule has 2 amide bonds. The van der Waals surface area contributed by atoms with Crippen molar-refractivity contribution < 1.29 is 18.7 Å². The van der Waals surface area contributed by atoms with E-state index < -0.39 is 0 Å². The molecule has 2 aromatic rings. The van der Waals surface area contributed by atoms with Gasteiger partial charge in [0.25, 0.3) is 0 Å². The maximum Gasteiger partial charge on any atom is 0.319 e. The van der Waals surface area contributed by atoms with Crippen LogP contribution in [0.15, 0.2) is 22.6 Å². The quantitative estimate of drug-likeness (QED) is 0.903. The summed E-state index contributed by atoms with van der Waals surface area (Å²) in [5.41, 5.74) is 2.21. The summed E-state index contributed by atoms with van der Waals surface area (Å²) in [4.78, 5) is 16.4. The zero-order valence-corrected chi connectivity index (χ0v) is 12.7. The molecule has 0 radical (unpaired) electrons. The van der Waals surface area contributed by atoms with Gasteiger partial charge in [-0.25, -0.2) is 9.78 Å². The number of aromatic nitrogens is 1. The van der Waals surface area contributed by atoms with Gasteiger partial charge in [0.1, 0.15) is 5.52 Å². The molecule has 1 aliphatic heterocycles. The average Bonchev–Trinajstić information content (AvgIpc) is 3.34. The van der Waals surface area contributed by atoms with Crippen LogP contribution in [0.4, 0.5) is 10.5 Å². The molecule has 2 fully saturated rings. The fraction of sp³-hybridized carbons (Fsp3) is 0.500. The molecule has 2 N–H and O–H groups in total. The summed E-state index contributed by atoms with van der Waals surface area (Å²) in [5.74, 6) is 1.27. The number of carbonyl (C=O) groups excluding carboxylic acids is 1. The number of nitrogens with zero attached hydrogens (tertiary/aromatic N) is 1. The van der Waals surface area contributed by atoms with Crippen LogP contribution in [0.5, 0.6) is 0 Å². The van der Waals surface area contributed by atoms with Crippen molar-refractivity contribution in [2.45, 2.75) is 24.9 Å². The molecule has 0 unspecified atom stereocenters. The van der Waals surface area contributed by atoms with E-state index in [0.717, 1.165) is 29.8 Å². The van der Waals surface area contributed by atoms with Gasteiger partial charge in [0.2, 0.25) is 0 Å². The number of hydrogen-bond acceptors (Lipinski definition) is 5. The highest BCUT2D eigenvalue weighted by molar-refractivity contribution is 5.91. The third-order valence-electron chi connectivity index (χ3n) is 3.96. The standard InChI is InChI=1S/C16H19N3O4/c20-16(17-8-12-9-21-5-6-22-12)18-11-3-4-14-13(7-11)19-15(23-14)10-1-2-10/h3-4,7,10,12H,1-2,5-6,8-9H2,(H2,17,18,20)/t12-/m1/s1. The summed E-state index contributed by atoms with van der Waals surface area (Å²) in [6, 6.07) is 5.19. The van der Waals surface area contributed by atoms with Crippen LogP contribution in [0.2, 0.25) is 0 Å². The Morgan fingerprint density at radius 2 is 2.22 bits per heavy atom. The van der Waals surface area contributed by atoms with Crippen molar-refractivity contribution in [3.05, 3.63) is 24.1 Å². The Bertz CT molecular complexity index is 704. The number of benzene rings is 1. The minimum Gasteiger partial charge on any atom is -0.440 e. The Kier molecular flexibility index (Phi) is 3.88. The first-order valence-corrected chi connectivity index (χ1v) is 7.92. The number of fused-ring (bicyclic) bond motifs is 1. The highest BCUT2D eigenvalue weighted by Gasteiger charge is 2.28. The van der Waals surface area contributed by atoms with Crippen LogP contribution < -0.4 is 10.6 Å². The number of nitrogens with one attached hydrogen (secondary N) is 2. The molecule has 0 bridgehead atoms. The normalized spacial score (nSPS) is 21.3. The van der Waals surface area contributed by atoms with Gasteiger partial charge in [-0.15, -0.1) is 0 Å². The first kappa shape index (κ1) is 14.5. The molecule has 1 saturated carbocycles. The van der Waals surface area contributed by atoms with E-state index in [1.807, 2.05) is 18.2 Å². The Morgan fingerprint density at radius 3 is 3.00 bits per heavy atom. The first-order chi connectivity index (χ1) is 11.3. The summed E-state index contributed by atoms with van der Waals surface area (Å²) in [6.07, 6.45) is 2.20. The zero-order chi connectivity index (χ0) is 15.6. The molecule has 2 heterocycles. The lowest BCUT2D eigenvalue weighted by Crippen LogP contribution is -2.41. The summed E-state index contributed by atoms with van der Waals surface area (Å²) in [6.45, 7) is 2.11. The van der Waals surface area contributed by atoms with E-state index in [1.165, 1.54) is 0 Å². The van der Waals surface area contributed by atoms with Crippen LogP contribution in [-0.4, -0.2) is 43.5 Å². The van der Waals surface area contributed by atoms with Gasteiger partial charge in [0.05, 0.1) is 25.9 Å². The Hall–Kier alpha value is -2.12. The number of rotatable bonds is 4. The van der Waals surface area contributed by atoms with Crippen molar-refractivity contribution >= 4 is 22.8 Å². The summed E-state index contributed by atoms with van der Waals surface area (Å²) >= 11 is 0. The molecule has 1 aromatic heterocycles. The van der Waals surface area contributed by atoms with Crippen molar-refractivity contribution in [2.24, 2.45) is 0 Å². The lowest BCUT2D eigenvalue weighted by atomic mass is 10.3. The van der Waals surface area contributed by atoms with Crippen molar-refractivity contribution in [2.75, 3.05) is 31.7 Å². The lowest BCUT2D eigenvalue weighted by molar-refractivity contribution is -0.0852. The summed E-state index contributed by atoms with van der Waals surface area (Å²) < 4.78 is 16.5. The van der Waals surface area contributed by atoms with E-state index >= 15 is 0 Å². The molecule has 7 nitrogen and oxygen atoms in total. The second-order valence-corrected chi connectivity index (χ2v) is 5.91. The molecule has 4 rings (SSSR count). The van der Waals surface area contributed by atoms with E-state index in [4.69, 9.17) is 13.9 Å². The average molecular weight is 317 g/mol. The molecule has 23 heavy (non-hydrogen) atoms. The molecular weight excluding hydrogens is 298 g/mol. The number of urea groups is 1. The minimum absolute atomic E-state index is 0.0892. The van der Waals surface area contributed by atoms with Crippen molar-refractivity contribution in [1.29, 1.82) is 0 Å². The maximum absolute atomic E-state index is 12.0. The number of ether oxygens (including phenoxy) is 2. The fourth-order valence-electron chi connectivity index (χ4n) is 2.56. The zero-order valence-electron chi connectivity index (χ0n) is 12.7. The second kappa shape index (κ2) is 6.17. The van der Waals surface area contributed by atoms with Crippen LogP contribution in [0.3, 0.4) is 0 Å². The summed E-state index contributed by atoms with van der Waals surface area (Å²) in [7, 11) is 0. The van der Waals surface area contributed by atoms with Crippen LogP contribution in [-0.2, 0) is 9.47 Å². The maximum atomic E-state index is 12.0. The van der Waals surface area contributed by atoms with Crippen molar-refractivity contribution in [3.8, 4) is 0 Å². The van der Waals surface area contributed by atoms with Crippen molar-refractivity contribution in [3.63, 3.8) is 0 Å². The van der Waals surface area contributed by atoms with Gasteiger partial charge in [-0.05, 0) is 31.0 Å². The number of anilines is 1. The molecule has 1 atom stereocenters. The Labute approximate surface area is 133 Å². The van der Waals surface area contributed by atoms with E-state index in [1.54, 1.807) is 0 Å². The highest BCUT2D eigenvalue weighted by Crippen LogP contribution is 2.40. The van der Waals surface area contributed by atoms with Crippen LogP contribution in [0.25, 0.3) is 11.1 Å². The van der Waals surface area contributed by atoms with E-state index in [0.29, 0.717) is 38.0 Å². The second-order valence-electron chi connectivity index (χ2n) is 5.91. The first-order valence-electron chi connectivity index (χ1n) is 7.92.